The van der Waals surface area contributed by atoms with Gasteiger partial charge in [0.05, 0.1) is 5.56 Å². The van der Waals surface area contributed by atoms with Gasteiger partial charge in [0.25, 0.3) is 5.91 Å². The molecule has 0 heterocycles. The van der Waals surface area contributed by atoms with Crippen LogP contribution in [0.25, 0.3) is 0 Å². The molecule has 1 rings (SSSR count). The van der Waals surface area contributed by atoms with Gasteiger partial charge < -0.3 is 10.4 Å². The fourth-order valence-corrected chi connectivity index (χ4v) is 1.63. The van der Waals surface area contributed by atoms with E-state index in [9.17, 15) is 9.90 Å². The molecule has 0 saturated heterocycles. The summed E-state index contributed by atoms with van der Waals surface area (Å²) in [5.41, 5.74) is 5.06. The van der Waals surface area contributed by atoms with Crippen molar-refractivity contribution in [3.63, 3.8) is 0 Å². The summed E-state index contributed by atoms with van der Waals surface area (Å²) in [6.45, 7) is 2.54. The zero-order valence-corrected chi connectivity index (χ0v) is 11.5. The number of aromatic hydroxyl groups is 1. The van der Waals surface area contributed by atoms with Crippen LogP contribution >= 0.6 is 28.1 Å². The van der Waals surface area contributed by atoms with Crippen molar-refractivity contribution in [2.24, 2.45) is 0 Å². The molecule has 5 nitrogen and oxygen atoms in total. The number of hydrazine groups is 1. The van der Waals surface area contributed by atoms with Crippen molar-refractivity contribution in [3.05, 3.63) is 28.2 Å². The molecular formula is C10H12BrN3O2S. The van der Waals surface area contributed by atoms with E-state index in [1.165, 1.54) is 12.1 Å². The summed E-state index contributed by atoms with van der Waals surface area (Å²) in [4.78, 5) is 11.7. The van der Waals surface area contributed by atoms with Gasteiger partial charge in [0.1, 0.15) is 5.75 Å². The monoisotopic (exact) mass is 317 g/mol. The van der Waals surface area contributed by atoms with Crippen molar-refractivity contribution in [1.29, 1.82) is 0 Å². The third-order valence-corrected chi connectivity index (χ3v) is 2.57. The number of carbonyl (C=O) groups is 1. The van der Waals surface area contributed by atoms with Gasteiger partial charge in [-0.05, 0) is 37.3 Å². The fourth-order valence-electron chi connectivity index (χ4n) is 1.08. The SMILES string of the molecule is CCNC(=S)NNC(=O)c1cc(Br)ccc1O. The molecule has 17 heavy (non-hydrogen) atoms. The maximum Gasteiger partial charge on any atom is 0.273 e. The van der Waals surface area contributed by atoms with Crippen molar-refractivity contribution in [1.82, 2.24) is 16.2 Å². The van der Waals surface area contributed by atoms with Crippen LogP contribution in [0.2, 0.25) is 0 Å². The molecule has 0 fully saturated rings. The van der Waals surface area contributed by atoms with Crippen LogP contribution in [-0.4, -0.2) is 22.7 Å². The fraction of sp³-hybridized carbons (Fsp3) is 0.200. The molecule has 92 valence electrons. The zero-order valence-electron chi connectivity index (χ0n) is 9.08. The highest BCUT2D eigenvalue weighted by atomic mass is 79.9. The van der Waals surface area contributed by atoms with Crippen LogP contribution in [0, 0.1) is 0 Å². The van der Waals surface area contributed by atoms with Crippen LogP contribution in [0.5, 0.6) is 5.75 Å². The van der Waals surface area contributed by atoms with E-state index in [-0.39, 0.29) is 11.3 Å². The quantitative estimate of drug-likeness (QED) is 0.488. The lowest BCUT2D eigenvalue weighted by Gasteiger charge is -2.10. The average molecular weight is 318 g/mol. The van der Waals surface area contributed by atoms with Crippen LogP contribution in [-0.2, 0) is 0 Å². The first-order valence-corrected chi connectivity index (χ1v) is 6.07. The number of phenols is 1. The van der Waals surface area contributed by atoms with Crippen LogP contribution in [0.1, 0.15) is 17.3 Å². The lowest BCUT2D eigenvalue weighted by Crippen LogP contribution is -2.46. The number of rotatable bonds is 2. The Balaban J connectivity index is 2.64. The largest absolute Gasteiger partial charge is 0.507 e. The number of hydrogen-bond donors (Lipinski definition) is 4. The van der Waals surface area contributed by atoms with Gasteiger partial charge >= 0.3 is 0 Å². The minimum absolute atomic E-state index is 0.0955. The molecule has 0 aliphatic carbocycles. The standard InChI is InChI=1S/C10H12BrN3O2S/c1-2-12-10(17)14-13-9(16)7-5-6(11)3-4-8(7)15/h3-5,15H,2H2,1H3,(H,13,16)(H2,12,14,17). The van der Waals surface area contributed by atoms with Gasteiger partial charge in [0.15, 0.2) is 5.11 Å². The molecule has 0 aliphatic heterocycles. The topological polar surface area (TPSA) is 73.4 Å². The van der Waals surface area contributed by atoms with Gasteiger partial charge in [0, 0.05) is 11.0 Å². The van der Waals surface area contributed by atoms with Gasteiger partial charge in [0.2, 0.25) is 0 Å². The Morgan fingerprint density at radius 3 is 2.82 bits per heavy atom. The summed E-state index contributed by atoms with van der Waals surface area (Å²) in [5, 5.41) is 12.6. The number of amides is 1. The van der Waals surface area contributed by atoms with Crippen LogP contribution in [0.15, 0.2) is 22.7 Å². The van der Waals surface area contributed by atoms with Crippen molar-refractivity contribution in [2.45, 2.75) is 6.92 Å². The molecular weight excluding hydrogens is 306 g/mol. The molecule has 0 atom stereocenters. The van der Waals surface area contributed by atoms with Crippen molar-refractivity contribution < 1.29 is 9.90 Å². The Labute approximate surface area is 113 Å². The Kier molecular flexibility index (Phi) is 5.17. The molecule has 0 radical (unpaired) electrons. The van der Waals surface area contributed by atoms with Gasteiger partial charge in [-0.15, -0.1) is 0 Å². The summed E-state index contributed by atoms with van der Waals surface area (Å²) in [6.07, 6.45) is 0. The van der Waals surface area contributed by atoms with Gasteiger partial charge in [-0.3, -0.25) is 15.6 Å². The minimum atomic E-state index is -0.468. The molecule has 0 aromatic heterocycles. The maximum absolute atomic E-state index is 11.7. The average Bonchev–Trinajstić information content (AvgIpc) is 2.29. The highest BCUT2D eigenvalue weighted by Gasteiger charge is 2.11. The Morgan fingerprint density at radius 2 is 2.18 bits per heavy atom. The lowest BCUT2D eigenvalue weighted by atomic mass is 10.2. The van der Waals surface area contributed by atoms with E-state index < -0.39 is 5.91 Å². The Morgan fingerprint density at radius 1 is 1.47 bits per heavy atom. The molecule has 1 amide bonds. The second-order valence-corrected chi connectivity index (χ2v) is 4.42. The molecule has 0 spiro atoms. The highest BCUT2D eigenvalue weighted by molar-refractivity contribution is 9.10. The summed E-state index contributed by atoms with van der Waals surface area (Å²) in [5.74, 6) is -0.564. The Hall–Kier alpha value is -1.34. The molecule has 1 aromatic rings. The van der Waals surface area contributed by atoms with Gasteiger partial charge in [-0.2, -0.15) is 0 Å². The number of benzene rings is 1. The second-order valence-electron chi connectivity index (χ2n) is 3.10. The molecule has 1 aromatic carbocycles. The first-order valence-electron chi connectivity index (χ1n) is 4.87. The van der Waals surface area contributed by atoms with E-state index in [0.717, 1.165) is 0 Å². The van der Waals surface area contributed by atoms with Crippen molar-refractivity contribution >= 4 is 39.2 Å². The van der Waals surface area contributed by atoms with Crippen LogP contribution < -0.4 is 16.2 Å². The highest BCUT2D eigenvalue weighted by Crippen LogP contribution is 2.21. The van der Waals surface area contributed by atoms with Crippen LogP contribution in [0.3, 0.4) is 0 Å². The van der Waals surface area contributed by atoms with Crippen molar-refractivity contribution in [2.75, 3.05) is 6.54 Å². The smallest absolute Gasteiger partial charge is 0.273 e. The summed E-state index contributed by atoms with van der Waals surface area (Å²) in [6, 6.07) is 4.59. The summed E-state index contributed by atoms with van der Waals surface area (Å²) < 4.78 is 0.703. The summed E-state index contributed by atoms with van der Waals surface area (Å²) >= 11 is 8.09. The molecule has 0 saturated carbocycles. The number of carbonyl (C=O) groups excluding carboxylic acids is 1. The molecule has 0 bridgehead atoms. The van der Waals surface area contributed by atoms with E-state index >= 15 is 0 Å². The molecule has 0 unspecified atom stereocenters. The zero-order chi connectivity index (χ0) is 12.8. The maximum atomic E-state index is 11.7. The van der Waals surface area contributed by atoms with Gasteiger partial charge in [-0.25, -0.2) is 0 Å². The number of thiocarbonyl (C=S) groups is 1. The summed E-state index contributed by atoms with van der Waals surface area (Å²) in [7, 11) is 0. The van der Waals surface area contributed by atoms with E-state index in [2.05, 4.69) is 32.1 Å². The molecule has 7 heteroatoms. The third-order valence-electron chi connectivity index (χ3n) is 1.83. The predicted molar refractivity (Wildman–Crippen MR) is 72.7 cm³/mol. The van der Waals surface area contributed by atoms with E-state index in [0.29, 0.717) is 16.1 Å². The minimum Gasteiger partial charge on any atom is -0.507 e. The number of nitrogens with one attached hydrogen (secondary N) is 3. The first-order chi connectivity index (χ1) is 8.04. The lowest BCUT2D eigenvalue weighted by molar-refractivity contribution is 0.0941. The van der Waals surface area contributed by atoms with E-state index in [4.69, 9.17) is 12.2 Å². The Bertz CT molecular complexity index is 440. The van der Waals surface area contributed by atoms with Crippen LogP contribution in [0.4, 0.5) is 0 Å². The molecule has 0 aliphatic rings. The first kappa shape index (κ1) is 13.7. The predicted octanol–water partition coefficient (Wildman–Crippen LogP) is 1.28. The van der Waals surface area contributed by atoms with E-state index in [1.807, 2.05) is 6.92 Å². The second kappa shape index (κ2) is 6.41. The third kappa shape index (κ3) is 4.20. The number of hydrogen-bond acceptors (Lipinski definition) is 3. The number of halogens is 1. The number of phenolic OH excluding ortho intramolecular Hbond substituents is 1. The van der Waals surface area contributed by atoms with Gasteiger partial charge in [-0.1, -0.05) is 15.9 Å². The molecule has 4 N–H and O–H groups in total. The van der Waals surface area contributed by atoms with Crippen molar-refractivity contribution in [3.8, 4) is 5.75 Å². The normalized spacial score (nSPS) is 9.53. The van der Waals surface area contributed by atoms with E-state index in [1.54, 1.807) is 6.07 Å².